The fraction of sp³-hybridized carbons (Fsp3) is 0. The highest BCUT2D eigenvalue weighted by molar-refractivity contribution is 6.12. The fourth-order valence-electron chi connectivity index (χ4n) is 2.01. The van der Waals surface area contributed by atoms with E-state index in [1.807, 2.05) is 102 Å². The second-order valence-electron chi connectivity index (χ2n) is 5.70. The van der Waals surface area contributed by atoms with E-state index >= 15 is 0 Å². The third-order valence-corrected chi connectivity index (χ3v) is 3.37. The molecule has 0 saturated heterocycles. The van der Waals surface area contributed by atoms with Crippen molar-refractivity contribution >= 4 is 24.0 Å². The highest BCUT2D eigenvalue weighted by atomic mass is 16.2. The van der Waals surface area contributed by atoms with Crippen molar-refractivity contribution in [2.24, 2.45) is 0 Å². The standard InChI is InChI=1S/2C11H9N.C4H3NO2/c2*12-10-6-2-5-9-11-7-3-1-4-8-11;6-3-1-2-4(7)5-3/h2*1-9H;1-2H,(H,5,6,7). The van der Waals surface area contributed by atoms with E-state index in [9.17, 15) is 9.59 Å². The molecule has 2 aromatic carbocycles. The van der Waals surface area contributed by atoms with E-state index in [0.29, 0.717) is 0 Å². The summed E-state index contributed by atoms with van der Waals surface area (Å²) in [5, 5.41) is 18.4. The molecule has 0 aromatic heterocycles. The topological polar surface area (TPSA) is 93.8 Å². The summed E-state index contributed by atoms with van der Waals surface area (Å²) in [4.78, 5) is 20.1. The molecule has 2 aromatic rings. The van der Waals surface area contributed by atoms with Gasteiger partial charge in [0.05, 0.1) is 12.1 Å². The predicted octanol–water partition coefficient (Wildman–Crippen LogP) is 4.76. The van der Waals surface area contributed by atoms with Gasteiger partial charge in [0.1, 0.15) is 0 Å². The van der Waals surface area contributed by atoms with Gasteiger partial charge in [-0.25, -0.2) is 0 Å². The average molecular weight is 407 g/mol. The Balaban J connectivity index is 0.000000241. The Hall–Kier alpha value is -4.74. The van der Waals surface area contributed by atoms with E-state index in [-0.39, 0.29) is 11.8 Å². The van der Waals surface area contributed by atoms with Gasteiger partial charge in [-0.3, -0.25) is 14.9 Å². The lowest BCUT2D eigenvalue weighted by molar-refractivity contribution is -0.123. The minimum atomic E-state index is -0.329. The Labute approximate surface area is 182 Å². The number of hydrogen-bond donors (Lipinski definition) is 1. The number of amides is 2. The van der Waals surface area contributed by atoms with Crippen LogP contribution in [0.5, 0.6) is 0 Å². The summed E-state index contributed by atoms with van der Waals surface area (Å²) in [5.41, 5.74) is 2.28. The Bertz CT molecular complexity index is 964. The average Bonchev–Trinajstić information content (AvgIpc) is 3.19. The van der Waals surface area contributed by atoms with Gasteiger partial charge >= 0.3 is 0 Å². The first-order valence-corrected chi connectivity index (χ1v) is 9.24. The zero-order valence-electron chi connectivity index (χ0n) is 16.8. The monoisotopic (exact) mass is 407 g/mol. The van der Waals surface area contributed by atoms with Gasteiger partial charge in [-0.05, 0) is 11.1 Å². The Morgan fingerprint density at radius 1 is 0.613 bits per heavy atom. The third kappa shape index (κ3) is 13.1. The first-order valence-electron chi connectivity index (χ1n) is 9.24. The van der Waals surface area contributed by atoms with E-state index in [0.717, 1.165) is 11.1 Å². The molecule has 0 unspecified atom stereocenters. The molecule has 5 nitrogen and oxygen atoms in total. The quantitative estimate of drug-likeness (QED) is 0.449. The highest BCUT2D eigenvalue weighted by Gasteiger charge is 2.06. The van der Waals surface area contributed by atoms with Crippen LogP contribution >= 0.6 is 0 Å². The van der Waals surface area contributed by atoms with Crippen LogP contribution in [0.4, 0.5) is 0 Å². The van der Waals surface area contributed by atoms with E-state index in [1.165, 1.54) is 24.3 Å². The van der Waals surface area contributed by atoms with Gasteiger partial charge in [-0.15, -0.1) is 0 Å². The zero-order chi connectivity index (χ0) is 22.6. The Morgan fingerprint density at radius 2 is 1.00 bits per heavy atom. The highest BCUT2D eigenvalue weighted by Crippen LogP contribution is 2.01. The van der Waals surface area contributed by atoms with Crippen molar-refractivity contribution in [1.82, 2.24) is 5.32 Å². The molecule has 1 aliphatic rings. The van der Waals surface area contributed by atoms with Crippen LogP contribution in [0.1, 0.15) is 11.1 Å². The summed E-state index contributed by atoms with van der Waals surface area (Å²) in [7, 11) is 0. The van der Waals surface area contributed by atoms with Crippen LogP contribution in [-0.2, 0) is 9.59 Å². The van der Waals surface area contributed by atoms with Crippen molar-refractivity contribution in [3.63, 3.8) is 0 Å². The van der Waals surface area contributed by atoms with Crippen molar-refractivity contribution in [2.45, 2.75) is 0 Å². The molecule has 31 heavy (non-hydrogen) atoms. The van der Waals surface area contributed by atoms with Crippen LogP contribution in [0, 0.1) is 22.7 Å². The number of nitriles is 2. The summed E-state index contributed by atoms with van der Waals surface area (Å²) >= 11 is 0. The van der Waals surface area contributed by atoms with E-state index < -0.39 is 0 Å². The number of carbonyl (C=O) groups is 2. The molecule has 2 amide bonds. The maximum atomic E-state index is 10.0. The molecule has 1 aliphatic heterocycles. The number of rotatable bonds is 4. The molecule has 0 saturated carbocycles. The smallest absolute Gasteiger partial charge is 0.250 e. The van der Waals surface area contributed by atoms with Crippen LogP contribution in [0.3, 0.4) is 0 Å². The second kappa shape index (κ2) is 16.2. The van der Waals surface area contributed by atoms with Gasteiger partial charge < -0.3 is 0 Å². The summed E-state index contributed by atoms with van der Waals surface area (Å²) < 4.78 is 0. The van der Waals surface area contributed by atoms with Gasteiger partial charge in [-0.2, -0.15) is 10.5 Å². The number of nitrogens with zero attached hydrogens (tertiary/aromatic N) is 2. The second-order valence-corrected chi connectivity index (χ2v) is 5.70. The SMILES string of the molecule is N#CC=CC=Cc1ccccc1.N#CC=CC=Cc1ccccc1.O=C1C=CC(=O)N1. The summed E-state index contributed by atoms with van der Waals surface area (Å²) in [6.45, 7) is 0. The molecular formula is C26H21N3O2. The number of allylic oxidation sites excluding steroid dienone is 6. The molecule has 0 spiro atoms. The van der Waals surface area contributed by atoms with Crippen molar-refractivity contribution in [2.75, 3.05) is 0 Å². The van der Waals surface area contributed by atoms with E-state index in [4.69, 9.17) is 10.5 Å². The normalized spacial score (nSPS) is 12.2. The van der Waals surface area contributed by atoms with Gasteiger partial charge in [0.15, 0.2) is 0 Å². The molecule has 0 radical (unpaired) electrons. The molecule has 0 atom stereocenters. The van der Waals surface area contributed by atoms with Crippen LogP contribution in [0.15, 0.2) is 109 Å². The molecular weight excluding hydrogens is 386 g/mol. The van der Waals surface area contributed by atoms with Crippen LogP contribution in [0.25, 0.3) is 12.2 Å². The fourth-order valence-corrected chi connectivity index (χ4v) is 2.01. The number of carbonyl (C=O) groups excluding carboxylic acids is 2. The summed E-state index contributed by atoms with van der Waals surface area (Å²) in [6.07, 6.45) is 16.3. The minimum Gasteiger partial charge on any atom is -0.289 e. The lowest BCUT2D eigenvalue weighted by Crippen LogP contribution is -2.19. The maximum Gasteiger partial charge on any atom is 0.250 e. The van der Waals surface area contributed by atoms with Crippen LogP contribution < -0.4 is 5.32 Å². The zero-order valence-corrected chi connectivity index (χ0v) is 16.8. The first kappa shape index (κ1) is 24.3. The minimum absolute atomic E-state index is 0.329. The molecule has 0 fully saturated rings. The predicted molar refractivity (Wildman–Crippen MR) is 123 cm³/mol. The first-order chi connectivity index (χ1) is 15.2. The van der Waals surface area contributed by atoms with Gasteiger partial charge in [0, 0.05) is 24.3 Å². The lowest BCUT2D eigenvalue weighted by atomic mass is 10.2. The number of benzene rings is 2. The third-order valence-electron chi connectivity index (χ3n) is 3.37. The number of imide groups is 1. The van der Waals surface area contributed by atoms with Crippen molar-refractivity contribution in [3.05, 3.63) is 120 Å². The van der Waals surface area contributed by atoms with Crippen LogP contribution in [-0.4, -0.2) is 11.8 Å². The molecule has 152 valence electrons. The van der Waals surface area contributed by atoms with E-state index in [1.54, 1.807) is 12.2 Å². The summed E-state index contributed by atoms with van der Waals surface area (Å²) in [6, 6.07) is 23.8. The number of hydrogen-bond acceptors (Lipinski definition) is 4. The molecule has 0 bridgehead atoms. The van der Waals surface area contributed by atoms with Crippen molar-refractivity contribution < 1.29 is 9.59 Å². The van der Waals surface area contributed by atoms with Crippen LogP contribution in [0.2, 0.25) is 0 Å². The molecule has 1 heterocycles. The Morgan fingerprint density at radius 3 is 1.29 bits per heavy atom. The largest absolute Gasteiger partial charge is 0.289 e. The van der Waals surface area contributed by atoms with Gasteiger partial charge in [0.2, 0.25) is 0 Å². The lowest BCUT2D eigenvalue weighted by Gasteiger charge is -1.87. The van der Waals surface area contributed by atoms with Gasteiger partial charge in [-0.1, -0.05) is 97.1 Å². The summed E-state index contributed by atoms with van der Waals surface area (Å²) in [5.74, 6) is -0.657. The van der Waals surface area contributed by atoms with Crippen molar-refractivity contribution in [1.29, 1.82) is 10.5 Å². The number of nitrogens with one attached hydrogen (secondary N) is 1. The van der Waals surface area contributed by atoms with Gasteiger partial charge in [0.25, 0.3) is 11.8 Å². The molecule has 1 N–H and O–H groups in total. The molecule has 5 heteroatoms. The maximum absolute atomic E-state index is 10.0. The van der Waals surface area contributed by atoms with E-state index in [2.05, 4.69) is 0 Å². The van der Waals surface area contributed by atoms with Crippen molar-refractivity contribution in [3.8, 4) is 12.1 Å². The Kier molecular flexibility index (Phi) is 12.7. The molecule has 3 rings (SSSR count). The molecule has 0 aliphatic carbocycles.